The van der Waals surface area contributed by atoms with Crippen molar-refractivity contribution in [2.45, 2.75) is 5.92 Å². The molecule has 0 radical (unpaired) electrons. The average Bonchev–Trinajstić information content (AvgIpc) is 3.01. The molecule has 1 aliphatic rings. The molecule has 0 spiro atoms. The van der Waals surface area contributed by atoms with Crippen LogP contribution in [0.2, 0.25) is 0 Å². The van der Waals surface area contributed by atoms with Crippen molar-refractivity contribution in [1.29, 1.82) is 0 Å². The Bertz CT molecular complexity index is 1000. The summed E-state index contributed by atoms with van der Waals surface area (Å²) in [7, 11) is 3.26. The number of fused-ring (bicyclic) bond motifs is 1. The summed E-state index contributed by atoms with van der Waals surface area (Å²) in [5.74, 6) is 1.18. The number of nitrogens with zero attached hydrogens (tertiary/aromatic N) is 1. The van der Waals surface area contributed by atoms with Gasteiger partial charge in [-0.3, -0.25) is 9.79 Å². The maximum atomic E-state index is 13.1. The van der Waals surface area contributed by atoms with Crippen molar-refractivity contribution in [2.24, 2.45) is 4.99 Å². The van der Waals surface area contributed by atoms with Crippen molar-refractivity contribution in [1.82, 2.24) is 0 Å². The van der Waals surface area contributed by atoms with Gasteiger partial charge in [0.15, 0.2) is 5.78 Å². The van der Waals surface area contributed by atoms with Crippen LogP contribution in [0.5, 0.6) is 11.5 Å². The summed E-state index contributed by atoms with van der Waals surface area (Å²) in [5.41, 5.74) is 4.06. The van der Waals surface area contributed by atoms with Gasteiger partial charge in [0.2, 0.25) is 0 Å². The molecule has 0 N–H and O–H groups in total. The minimum Gasteiger partial charge on any atom is -0.497 e. The first-order valence-electron chi connectivity index (χ1n) is 8.71. The molecule has 27 heavy (non-hydrogen) atoms. The second kappa shape index (κ2) is 7.08. The Balaban J connectivity index is 1.82. The molecule has 1 aliphatic carbocycles. The average molecular weight is 357 g/mol. The van der Waals surface area contributed by atoms with Gasteiger partial charge in [-0.15, -0.1) is 0 Å². The lowest BCUT2D eigenvalue weighted by Gasteiger charge is -2.12. The van der Waals surface area contributed by atoms with Crippen LogP contribution >= 0.6 is 0 Å². The highest BCUT2D eigenvalue weighted by atomic mass is 16.5. The minimum atomic E-state index is -0.421. The number of ketones is 1. The Morgan fingerprint density at radius 3 is 1.89 bits per heavy atom. The van der Waals surface area contributed by atoms with Crippen LogP contribution in [0.3, 0.4) is 0 Å². The number of benzene rings is 3. The molecule has 0 heterocycles. The highest BCUT2D eigenvalue weighted by molar-refractivity contribution is 6.32. The standard InChI is InChI=1S/C23H19NO3/c1-26-17-11-7-15(8-12-17)21-22(19-5-3-4-6-20(19)23(21)25)24-16-9-13-18(27-2)14-10-16/h3-14,21H,1-2H3/t21-/m1/s1. The second-order valence-corrected chi connectivity index (χ2v) is 6.31. The third-order valence-corrected chi connectivity index (χ3v) is 4.78. The van der Waals surface area contributed by atoms with Crippen LogP contribution in [0.25, 0.3) is 0 Å². The number of hydrogen-bond acceptors (Lipinski definition) is 4. The lowest BCUT2D eigenvalue weighted by atomic mass is 9.93. The fraction of sp³-hybridized carbons (Fsp3) is 0.130. The van der Waals surface area contributed by atoms with Gasteiger partial charge in [0.1, 0.15) is 11.5 Å². The Morgan fingerprint density at radius 1 is 0.741 bits per heavy atom. The van der Waals surface area contributed by atoms with Crippen LogP contribution in [0.1, 0.15) is 27.4 Å². The first kappa shape index (κ1) is 17.0. The van der Waals surface area contributed by atoms with E-state index >= 15 is 0 Å². The van der Waals surface area contributed by atoms with E-state index in [1.807, 2.05) is 72.8 Å². The van der Waals surface area contributed by atoms with Gasteiger partial charge in [0, 0.05) is 11.1 Å². The smallest absolute Gasteiger partial charge is 0.176 e. The monoisotopic (exact) mass is 357 g/mol. The molecule has 0 bridgehead atoms. The van der Waals surface area contributed by atoms with Gasteiger partial charge in [0.05, 0.1) is 31.5 Å². The van der Waals surface area contributed by atoms with Crippen LogP contribution in [-0.2, 0) is 0 Å². The Morgan fingerprint density at radius 2 is 1.30 bits per heavy atom. The van der Waals surface area contributed by atoms with E-state index in [0.717, 1.165) is 34.0 Å². The number of aliphatic imine (C=N–C) groups is 1. The van der Waals surface area contributed by atoms with Crippen molar-refractivity contribution >= 4 is 17.2 Å². The number of carbonyl (C=O) groups excluding carboxylic acids is 1. The number of rotatable bonds is 4. The van der Waals surface area contributed by atoms with Crippen molar-refractivity contribution < 1.29 is 14.3 Å². The lowest BCUT2D eigenvalue weighted by Crippen LogP contribution is -2.13. The Kier molecular flexibility index (Phi) is 4.47. The van der Waals surface area contributed by atoms with E-state index in [9.17, 15) is 4.79 Å². The fourth-order valence-corrected chi connectivity index (χ4v) is 3.38. The number of hydrogen-bond donors (Lipinski definition) is 0. The van der Waals surface area contributed by atoms with Gasteiger partial charge in [-0.05, 0) is 42.0 Å². The summed E-state index contributed by atoms with van der Waals surface area (Å²) in [6, 6.07) is 22.8. The highest BCUT2D eigenvalue weighted by Crippen LogP contribution is 2.36. The van der Waals surface area contributed by atoms with E-state index in [2.05, 4.69) is 0 Å². The molecule has 0 saturated heterocycles. The summed E-state index contributed by atoms with van der Waals surface area (Å²) in [4.78, 5) is 18.0. The van der Waals surface area contributed by atoms with Gasteiger partial charge >= 0.3 is 0 Å². The summed E-state index contributed by atoms with van der Waals surface area (Å²) in [6.07, 6.45) is 0. The van der Waals surface area contributed by atoms with Crippen LogP contribution < -0.4 is 9.47 Å². The molecule has 3 aromatic carbocycles. The molecule has 4 nitrogen and oxygen atoms in total. The maximum Gasteiger partial charge on any atom is 0.176 e. The normalized spacial score (nSPS) is 17.0. The highest BCUT2D eigenvalue weighted by Gasteiger charge is 2.37. The fourth-order valence-electron chi connectivity index (χ4n) is 3.38. The number of methoxy groups -OCH3 is 2. The van der Waals surface area contributed by atoms with Crippen LogP contribution in [0, 0.1) is 0 Å². The van der Waals surface area contributed by atoms with E-state index < -0.39 is 5.92 Å². The summed E-state index contributed by atoms with van der Waals surface area (Å²) < 4.78 is 10.4. The molecule has 0 saturated carbocycles. The molecule has 3 aromatic rings. The SMILES string of the molecule is COc1ccc(N=C2c3ccccc3C(=O)[C@@H]2c2ccc(OC)cc2)cc1. The summed E-state index contributed by atoms with van der Waals surface area (Å²) in [5, 5.41) is 0. The van der Waals surface area contributed by atoms with Gasteiger partial charge in [-0.1, -0.05) is 36.4 Å². The molecular weight excluding hydrogens is 338 g/mol. The van der Waals surface area contributed by atoms with E-state index in [1.54, 1.807) is 14.2 Å². The van der Waals surface area contributed by atoms with Crippen molar-refractivity contribution in [3.63, 3.8) is 0 Å². The first-order chi connectivity index (χ1) is 13.2. The molecule has 0 aromatic heterocycles. The van der Waals surface area contributed by atoms with Gasteiger partial charge in [0.25, 0.3) is 0 Å². The molecule has 0 aliphatic heterocycles. The van der Waals surface area contributed by atoms with E-state index in [4.69, 9.17) is 14.5 Å². The summed E-state index contributed by atoms with van der Waals surface area (Å²) in [6.45, 7) is 0. The zero-order chi connectivity index (χ0) is 18.8. The third kappa shape index (κ3) is 3.10. The van der Waals surface area contributed by atoms with Gasteiger partial charge in [-0.2, -0.15) is 0 Å². The predicted octanol–water partition coefficient (Wildman–Crippen LogP) is 4.80. The quantitative estimate of drug-likeness (QED) is 0.673. The zero-order valence-electron chi connectivity index (χ0n) is 15.2. The van der Waals surface area contributed by atoms with Crippen LogP contribution in [0.4, 0.5) is 5.69 Å². The number of carbonyl (C=O) groups is 1. The molecule has 0 amide bonds. The Hall–Kier alpha value is -3.40. The maximum absolute atomic E-state index is 13.1. The second-order valence-electron chi connectivity index (χ2n) is 6.31. The third-order valence-electron chi connectivity index (χ3n) is 4.78. The van der Waals surface area contributed by atoms with Crippen LogP contribution in [-0.4, -0.2) is 25.7 Å². The number of ether oxygens (including phenoxy) is 2. The minimum absolute atomic E-state index is 0.0722. The molecule has 4 heteroatoms. The first-order valence-corrected chi connectivity index (χ1v) is 8.71. The molecule has 4 rings (SSSR count). The van der Waals surface area contributed by atoms with Gasteiger partial charge < -0.3 is 9.47 Å². The molecule has 0 fully saturated rings. The van der Waals surface area contributed by atoms with Crippen molar-refractivity contribution in [3.8, 4) is 11.5 Å². The van der Waals surface area contributed by atoms with Crippen molar-refractivity contribution in [3.05, 3.63) is 89.5 Å². The van der Waals surface area contributed by atoms with Crippen molar-refractivity contribution in [2.75, 3.05) is 14.2 Å². The van der Waals surface area contributed by atoms with E-state index in [1.165, 1.54) is 0 Å². The summed E-state index contributed by atoms with van der Waals surface area (Å²) >= 11 is 0. The lowest BCUT2D eigenvalue weighted by molar-refractivity contribution is 0.0988. The molecule has 1 atom stereocenters. The number of Topliss-reactive ketones (excluding diaryl/α,β-unsaturated/α-hetero) is 1. The molecule has 0 unspecified atom stereocenters. The molecule has 134 valence electrons. The van der Waals surface area contributed by atoms with Gasteiger partial charge in [-0.25, -0.2) is 0 Å². The predicted molar refractivity (Wildman–Crippen MR) is 106 cm³/mol. The molecular formula is C23H19NO3. The largest absolute Gasteiger partial charge is 0.497 e. The topological polar surface area (TPSA) is 47.9 Å². The Labute approximate surface area is 158 Å². The zero-order valence-corrected chi connectivity index (χ0v) is 15.2. The van der Waals surface area contributed by atoms with E-state index in [-0.39, 0.29) is 5.78 Å². The van der Waals surface area contributed by atoms with E-state index in [0.29, 0.717) is 5.56 Å². The van der Waals surface area contributed by atoms with Crippen LogP contribution in [0.15, 0.2) is 77.8 Å².